The Balaban J connectivity index is 1.63. The lowest BCUT2D eigenvalue weighted by Crippen LogP contribution is -2.47. The maximum atomic E-state index is 11.8. The lowest BCUT2D eigenvalue weighted by atomic mass is 9.52. The van der Waals surface area contributed by atoms with Crippen molar-refractivity contribution >= 4 is 5.97 Å². The van der Waals surface area contributed by atoms with Gasteiger partial charge < -0.3 is 5.11 Å². The van der Waals surface area contributed by atoms with E-state index in [-0.39, 0.29) is 5.92 Å². The minimum absolute atomic E-state index is 0.0450. The second-order valence-electron chi connectivity index (χ2n) is 8.99. The van der Waals surface area contributed by atoms with Crippen LogP contribution in [0, 0.1) is 46.3 Å². The van der Waals surface area contributed by atoms with E-state index >= 15 is 0 Å². The van der Waals surface area contributed by atoms with Crippen molar-refractivity contribution in [3.8, 4) is 0 Å². The average molecular weight is 286 g/mol. The van der Waals surface area contributed by atoms with Gasteiger partial charge in [0, 0.05) is 0 Å². The van der Waals surface area contributed by atoms with E-state index in [9.17, 15) is 9.90 Å². The second kappa shape index (κ2) is 3.75. The minimum atomic E-state index is -0.506. The Bertz CT molecular complexity index is 530. The van der Waals surface area contributed by atoms with E-state index in [0.717, 1.165) is 18.3 Å². The van der Waals surface area contributed by atoms with E-state index in [1.165, 1.54) is 38.5 Å². The number of aliphatic carboxylic acids is 1. The molecule has 0 aromatic carbocycles. The Labute approximate surface area is 127 Å². The largest absolute Gasteiger partial charge is 0.481 e. The first-order valence-corrected chi connectivity index (χ1v) is 8.97. The summed E-state index contributed by atoms with van der Waals surface area (Å²) in [6, 6.07) is 0. The van der Waals surface area contributed by atoms with Crippen molar-refractivity contribution in [2.45, 2.75) is 51.9 Å². The van der Waals surface area contributed by atoms with Gasteiger partial charge in [0.25, 0.3) is 0 Å². The Morgan fingerprint density at radius 1 is 1.14 bits per heavy atom. The van der Waals surface area contributed by atoms with Crippen LogP contribution in [0.1, 0.15) is 51.9 Å². The van der Waals surface area contributed by atoms with Crippen molar-refractivity contribution in [3.63, 3.8) is 0 Å². The third-order valence-electron chi connectivity index (χ3n) is 8.58. The van der Waals surface area contributed by atoms with Gasteiger partial charge in [0.1, 0.15) is 0 Å². The molecule has 4 saturated carbocycles. The minimum Gasteiger partial charge on any atom is -0.481 e. The van der Waals surface area contributed by atoms with E-state index in [1.54, 1.807) is 0 Å². The highest BCUT2D eigenvalue weighted by Gasteiger charge is 2.73. The summed E-state index contributed by atoms with van der Waals surface area (Å²) in [6.45, 7) is 2.51. The van der Waals surface area contributed by atoms with Gasteiger partial charge in [0.05, 0.1) is 5.92 Å². The molecule has 0 heterocycles. The summed E-state index contributed by atoms with van der Waals surface area (Å²) >= 11 is 0. The fraction of sp³-hybridized carbons (Fsp3) is 0.842. The van der Waals surface area contributed by atoms with Crippen LogP contribution in [-0.2, 0) is 4.79 Å². The smallest absolute Gasteiger partial charge is 0.306 e. The van der Waals surface area contributed by atoms with E-state index in [4.69, 9.17) is 0 Å². The summed E-state index contributed by atoms with van der Waals surface area (Å²) < 4.78 is 0. The number of rotatable bonds is 2. The third-order valence-corrected chi connectivity index (χ3v) is 8.58. The average Bonchev–Trinajstić information content (AvgIpc) is 3.23. The molecule has 5 aliphatic carbocycles. The number of hydrogen-bond acceptors (Lipinski definition) is 1. The molecule has 7 unspecified atom stereocenters. The van der Waals surface area contributed by atoms with Crippen LogP contribution in [0.5, 0.6) is 0 Å². The molecule has 5 aliphatic rings. The van der Waals surface area contributed by atoms with Gasteiger partial charge in [0.2, 0.25) is 0 Å². The van der Waals surface area contributed by atoms with E-state index in [2.05, 4.69) is 19.1 Å². The van der Waals surface area contributed by atoms with Gasteiger partial charge in [-0.15, -0.1) is 0 Å². The van der Waals surface area contributed by atoms with Crippen molar-refractivity contribution in [2.24, 2.45) is 46.3 Å². The van der Waals surface area contributed by atoms with Crippen LogP contribution in [0.3, 0.4) is 0 Å². The zero-order valence-corrected chi connectivity index (χ0v) is 12.9. The van der Waals surface area contributed by atoms with Crippen molar-refractivity contribution < 1.29 is 9.90 Å². The Morgan fingerprint density at radius 2 is 1.86 bits per heavy atom. The summed E-state index contributed by atoms with van der Waals surface area (Å²) in [5, 5.41) is 9.75. The molecular formula is C19H26O2. The lowest BCUT2D eigenvalue weighted by Gasteiger charge is -2.51. The van der Waals surface area contributed by atoms with Crippen molar-refractivity contribution in [3.05, 3.63) is 12.2 Å². The summed E-state index contributed by atoms with van der Waals surface area (Å²) in [4.78, 5) is 11.8. The number of carboxylic acid groups (broad SMARTS) is 1. The molecule has 0 amide bonds. The molecular weight excluding hydrogens is 260 g/mol. The topological polar surface area (TPSA) is 37.3 Å². The standard InChI is InChI=1S/C19H26O2/c1-18(6-2-3-7-18)19-9-13(14(10-19)17(20)21)15-11-4-5-12(8-11)16(15)19/h4-5,11-16H,2-3,6-10H2,1H3,(H,20,21). The summed E-state index contributed by atoms with van der Waals surface area (Å²) in [5.74, 6) is 2.93. The zero-order chi connectivity index (χ0) is 14.4. The molecule has 21 heavy (non-hydrogen) atoms. The molecule has 0 spiro atoms. The van der Waals surface area contributed by atoms with Crippen LogP contribution in [0.2, 0.25) is 0 Å². The van der Waals surface area contributed by atoms with Gasteiger partial charge in [-0.3, -0.25) is 4.79 Å². The fourth-order valence-electron chi connectivity index (χ4n) is 7.91. The number of fused-ring (bicyclic) bond motifs is 9. The van der Waals surface area contributed by atoms with Crippen LogP contribution in [0.25, 0.3) is 0 Å². The predicted octanol–water partition coefficient (Wildman–Crippen LogP) is 4.12. The van der Waals surface area contributed by atoms with Crippen molar-refractivity contribution in [1.82, 2.24) is 0 Å². The van der Waals surface area contributed by atoms with Crippen LogP contribution in [0.4, 0.5) is 0 Å². The molecule has 2 heteroatoms. The number of hydrogen-bond donors (Lipinski definition) is 1. The second-order valence-corrected chi connectivity index (χ2v) is 8.99. The van der Waals surface area contributed by atoms with Gasteiger partial charge in [-0.1, -0.05) is 31.9 Å². The molecule has 4 bridgehead atoms. The van der Waals surface area contributed by atoms with Gasteiger partial charge in [0.15, 0.2) is 0 Å². The monoisotopic (exact) mass is 286 g/mol. The maximum Gasteiger partial charge on any atom is 0.306 e. The van der Waals surface area contributed by atoms with Gasteiger partial charge in [-0.25, -0.2) is 0 Å². The summed E-state index contributed by atoms with van der Waals surface area (Å²) in [6.07, 6.45) is 13.9. The predicted molar refractivity (Wildman–Crippen MR) is 80.6 cm³/mol. The quantitative estimate of drug-likeness (QED) is 0.612. The van der Waals surface area contributed by atoms with Crippen LogP contribution in [-0.4, -0.2) is 11.1 Å². The number of carboxylic acids is 1. The Hall–Kier alpha value is -0.790. The molecule has 1 N–H and O–H groups in total. The molecule has 114 valence electrons. The summed E-state index contributed by atoms with van der Waals surface area (Å²) in [5.41, 5.74) is 0.777. The van der Waals surface area contributed by atoms with Gasteiger partial charge in [-0.2, -0.15) is 0 Å². The first-order chi connectivity index (χ1) is 10.1. The first kappa shape index (κ1) is 12.7. The Morgan fingerprint density at radius 3 is 2.57 bits per heavy atom. The van der Waals surface area contributed by atoms with Crippen molar-refractivity contribution in [2.75, 3.05) is 0 Å². The van der Waals surface area contributed by atoms with Crippen molar-refractivity contribution in [1.29, 1.82) is 0 Å². The van der Waals surface area contributed by atoms with E-state index in [1.807, 2.05) is 0 Å². The Kier molecular flexibility index (Phi) is 2.27. The molecule has 0 aliphatic heterocycles. The zero-order valence-electron chi connectivity index (χ0n) is 12.9. The molecule has 7 atom stereocenters. The molecule has 2 nitrogen and oxygen atoms in total. The molecule has 0 saturated heterocycles. The van der Waals surface area contributed by atoms with Crippen LogP contribution >= 0.6 is 0 Å². The highest BCUT2D eigenvalue weighted by Crippen LogP contribution is 2.78. The first-order valence-electron chi connectivity index (χ1n) is 8.97. The third kappa shape index (κ3) is 1.30. The highest BCUT2D eigenvalue weighted by molar-refractivity contribution is 5.71. The number of allylic oxidation sites excluding steroid dienone is 2. The normalized spacial score (nSPS) is 55.3. The van der Waals surface area contributed by atoms with Gasteiger partial charge >= 0.3 is 5.97 Å². The van der Waals surface area contributed by atoms with E-state index in [0.29, 0.717) is 28.6 Å². The molecule has 4 fully saturated rings. The SMILES string of the molecule is CC1(C23CC(C(=O)O)C(C2)C2C4C=CC(C4)C23)CCCC1. The fourth-order valence-corrected chi connectivity index (χ4v) is 7.91. The number of carbonyl (C=O) groups is 1. The van der Waals surface area contributed by atoms with Crippen LogP contribution < -0.4 is 0 Å². The molecule has 0 aromatic rings. The summed E-state index contributed by atoms with van der Waals surface area (Å²) in [7, 11) is 0. The maximum absolute atomic E-state index is 11.8. The molecule has 5 rings (SSSR count). The van der Waals surface area contributed by atoms with E-state index < -0.39 is 5.97 Å². The highest BCUT2D eigenvalue weighted by atomic mass is 16.4. The molecule has 0 aromatic heterocycles. The lowest BCUT2D eigenvalue weighted by molar-refractivity contribution is -0.147. The van der Waals surface area contributed by atoms with Gasteiger partial charge in [-0.05, 0) is 72.5 Å². The molecule has 0 radical (unpaired) electrons. The van der Waals surface area contributed by atoms with Crippen LogP contribution in [0.15, 0.2) is 12.2 Å².